The summed E-state index contributed by atoms with van der Waals surface area (Å²) >= 11 is 0. The zero-order chi connectivity index (χ0) is 10.6. The Morgan fingerprint density at radius 2 is 2.29 bits per heavy atom. The fraction of sp³-hybridized carbons (Fsp3) is 0.889. The molecule has 1 unspecified atom stereocenters. The highest BCUT2D eigenvalue weighted by atomic mass is 16.3. The van der Waals surface area contributed by atoms with Crippen LogP contribution >= 0.6 is 0 Å². The van der Waals surface area contributed by atoms with Crippen molar-refractivity contribution in [2.75, 3.05) is 26.7 Å². The molecule has 1 rings (SSSR count). The maximum absolute atomic E-state index is 11.4. The van der Waals surface area contributed by atoms with Crippen LogP contribution in [0.15, 0.2) is 0 Å². The van der Waals surface area contributed by atoms with E-state index in [1.54, 1.807) is 11.9 Å². The summed E-state index contributed by atoms with van der Waals surface area (Å²) < 4.78 is 0. The zero-order valence-electron chi connectivity index (χ0n) is 8.44. The van der Waals surface area contributed by atoms with Crippen molar-refractivity contribution < 1.29 is 15.0 Å². The second-order valence-electron chi connectivity index (χ2n) is 3.70. The van der Waals surface area contributed by atoms with Crippen molar-refractivity contribution >= 4 is 5.91 Å². The first-order chi connectivity index (χ1) is 6.65. The molecule has 1 aliphatic rings. The summed E-state index contributed by atoms with van der Waals surface area (Å²) in [4.78, 5) is 13.1. The molecule has 0 bridgehead atoms. The Kier molecular flexibility index (Phi) is 4.31. The average molecular weight is 202 g/mol. The van der Waals surface area contributed by atoms with Crippen molar-refractivity contribution in [2.24, 2.45) is 0 Å². The molecule has 1 amide bonds. The van der Waals surface area contributed by atoms with Crippen LogP contribution in [0.4, 0.5) is 0 Å². The largest absolute Gasteiger partial charge is 0.394 e. The number of aliphatic hydroxyl groups excluding tert-OH is 2. The van der Waals surface area contributed by atoms with E-state index in [9.17, 15) is 4.79 Å². The van der Waals surface area contributed by atoms with Crippen LogP contribution in [0.2, 0.25) is 0 Å². The predicted octanol–water partition coefficient (Wildman–Crippen LogP) is -1.45. The molecule has 1 saturated carbocycles. The predicted molar refractivity (Wildman–Crippen MR) is 51.8 cm³/mol. The number of rotatable bonds is 6. The molecule has 0 spiro atoms. The van der Waals surface area contributed by atoms with Gasteiger partial charge >= 0.3 is 0 Å². The first kappa shape index (κ1) is 11.4. The van der Waals surface area contributed by atoms with E-state index in [1.165, 1.54) is 0 Å². The molecule has 5 nitrogen and oxygen atoms in total. The van der Waals surface area contributed by atoms with E-state index in [4.69, 9.17) is 10.2 Å². The molecular formula is C9H18N2O3. The SMILES string of the molecule is CN(C(=O)CNCC(O)CO)C1CC1. The number of nitrogens with zero attached hydrogens (tertiary/aromatic N) is 1. The summed E-state index contributed by atoms with van der Waals surface area (Å²) in [6.07, 6.45) is 1.41. The molecule has 0 aromatic heterocycles. The van der Waals surface area contributed by atoms with Gasteiger partial charge in [-0.2, -0.15) is 0 Å². The van der Waals surface area contributed by atoms with Crippen LogP contribution in [0.5, 0.6) is 0 Å². The van der Waals surface area contributed by atoms with Crippen LogP contribution in [-0.2, 0) is 4.79 Å². The molecule has 0 aromatic rings. The van der Waals surface area contributed by atoms with E-state index < -0.39 is 6.10 Å². The van der Waals surface area contributed by atoms with E-state index in [0.29, 0.717) is 6.04 Å². The maximum Gasteiger partial charge on any atom is 0.236 e. The molecule has 1 atom stereocenters. The molecule has 0 radical (unpaired) electrons. The zero-order valence-corrected chi connectivity index (χ0v) is 8.44. The highest BCUT2D eigenvalue weighted by Gasteiger charge is 2.28. The third kappa shape index (κ3) is 3.61. The first-order valence-corrected chi connectivity index (χ1v) is 4.90. The van der Waals surface area contributed by atoms with Crippen molar-refractivity contribution in [3.05, 3.63) is 0 Å². The molecule has 1 fully saturated rings. The summed E-state index contributed by atoms with van der Waals surface area (Å²) in [5.41, 5.74) is 0. The van der Waals surface area contributed by atoms with E-state index in [1.807, 2.05) is 0 Å². The number of hydrogen-bond acceptors (Lipinski definition) is 4. The third-order valence-corrected chi connectivity index (χ3v) is 2.35. The van der Waals surface area contributed by atoms with Crippen LogP contribution in [0, 0.1) is 0 Å². The summed E-state index contributed by atoms with van der Waals surface area (Å²) in [7, 11) is 1.80. The lowest BCUT2D eigenvalue weighted by atomic mass is 10.3. The van der Waals surface area contributed by atoms with Gasteiger partial charge in [0.25, 0.3) is 0 Å². The van der Waals surface area contributed by atoms with Crippen LogP contribution < -0.4 is 5.32 Å². The third-order valence-electron chi connectivity index (χ3n) is 2.35. The lowest BCUT2D eigenvalue weighted by Crippen LogP contribution is -2.39. The average Bonchev–Trinajstić information content (AvgIpc) is 2.99. The smallest absolute Gasteiger partial charge is 0.236 e. The maximum atomic E-state index is 11.4. The summed E-state index contributed by atoms with van der Waals surface area (Å²) in [5, 5.41) is 20.3. The lowest BCUT2D eigenvalue weighted by molar-refractivity contribution is -0.129. The van der Waals surface area contributed by atoms with E-state index in [0.717, 1.165) is 12.8 Å². The molecule has 0 saturated heterocycles. The fourth-order valence-corrected chi connectivity index (χ4v) is 1.20. The summed E-state index contributed by atoms with van der Waals surface area (Å²) in [6.45, 7) is 0.199. The van der Waals surface area contributed by atoms with Gasteiger partial charge in [0.2, 0.25) is 5.91 Å². The second-order valence-corrected chi connectivity index (χ2v) is 3.70. The molecule has 14 heavy (non-hydrogen) atoms. The Labute approximate surface area is 83.7 Å². The standard InChI is InChI=1S/C9H18N2O3/c1-11(7-2-3-7)9(14)5-10-4-8(13)6-12/h7-8,10,12-13H,2-6H2,1H3. The van der Waals surface area contributed by atoms with Gasteiger partial charge in [0.1, 0.15) is 0 Å². The van der Waals surface area contributed by atoms with Gasteiger partial charge in [-0.15, -0.1) is 0 Å². The van der Waals surface area contributed by atoms with Gasteiger partial charge in [-0.1, -0.05) is 0 Å². The lowest BCUT2D eigenvalue weighted by Gasteiger charge is -2.17. The van der Waals surface area contributed by atoms with Crippen LogP contribution in [0.25, 0.3) is 0 Å². The van der Waals surface area contributed by atoms with Gasteiger partial charge in [-0.05, 0) is 12.8 Å². The topological polar surface area (TPSA) is 72.8 Å². The van der Waals surface area contributed by atoms with Gasteiger partial charge in [-0.25, -0.2) is 0 Å². The molecule has 0 aliphatic heterocycles. The van der Waals surface area contributed by atoms with Crippen molar-refractivity contribution in [1.82, 2.24) is 10.2 Å². The number of likely N-dealkylation sites (N-methyl/N-ethyl adjacent to an activating group) is 1. The molecule has 0 heterocycles. The number of hydrogen-bond donors (Lipinski definition) is 3. The number of carbonyl (C=O) groups is 1. The Bertz CT molecular complexity index is 194. The van der Waals surface area contributed by atoms with Crippen molar-refractivity contribution in [3.8, 4) is 0 Å². The highest BCUT2D eigenvalue weighted by Crippen LogP contribution is 2.24. The van der Waals surface area contributed by atoms with E-state index in [2.05, 4.69) is 5.32 Å². The van der Waals surface area contributed by atoms with Gasteiger partial charge in [0.05, 0.1) is 19.3 Å². The number of nitrogens with one attached hydrogen (secondary N) is 1. The molecule has 82 valence electrons. The van der Waals surface area contributed by atoms with Gasteiger partial charge in [-0.3, -0.25) is 4.79 Å². The van der Waals surface area contributed by atoms with Crippen molar-refractivity contribution in [1.29, 1.82) is 0 Å². The van der Waals surface area contributed by atoms with E-state index in [-0.39, 0.29) is 25.6 Å². The Morgan fingerprint density at radius 1 is 1.64 bits per heavy atom. The molecule has 3 N–H and O–H groups in total. The van der Waals surface area contributed by atoms with Gasteiger partial charge in [0, 0.05) is 19.6 Å². The van der Waals surface area contributed by atoms with Crippen LogP contribution in [0.1, 0.15) is 12.8 Å². The molecule has 1 aliphatic carbocycles. The van der Waals surface area contributed by atoms with Crippen LogP contribution in [0.3, 0.4) is 0 Å². The molecular weight excluding hydrogens is 184 g/mol. The monoisotopic (exact) mass is 202 g/mol. The van der Waals surface area contributed by atoms with Gasteiger partial charge in [0.15, 0.2) is 0 Å². The summed E-state index contributed by atoms with van der Waals surface area (Å²) in [5.74, 6) is 0.0395. The quantitative estimate of drug-likeness (QED) is 0.493. The fourth-order valence-electron chi connectivity index (χ4n) is 1.20. The van der Waals surface area contributed by atoms with E-state index >= 15 is 0 Å². The molecule has 5 heteroatoms. The van der Waals surface area contributed by atoms with Gasteiger partial charge < -0.3 is 20.4 Å². The normalized spacial score (nSPS) is 17.9. The number of carbonyl (C=O) groups excluding carboxylic acids is 1. The minimum atomic E-state index is -0.783. The number of aliphatic hydroxyl groups is 2. The molecule has 0 aromatic carbocycles. The summed E-state index contributed by atoms with van der Waals surface area (Å²) in [6, 6.07) is 0.423. The minimum absolute atomic E-state index is 0.0395. The first-order valence-electron chi connectivity index (χ1n) is 4.90. The second kappa shape index (κ2) is 5.29. The highest BCUT2D eigenvalue weighted by molar-refractivity contribution is 5.78. The van der Waals surface area contributed by atoms with Crippen molar-refractivity contribution in [3.63, 3.8) is 0 Å². The van der Waals surface area contributed by atoms with Crippen molar-refractivity contribution in [2.45, 2.75) is 25.0 Å². The Hall–Kier alpha value is -0.650. The number of amides is 1. The Balaban J connectivity index is 2.08. The Morgan fingerprint density at radius 3 is 2.79 bits per heavy atom. The van der Waals surface area contributed by atoms with Crippen LogP contribution in [-0.4, -0.2) is 59.9 Å². The minimum Gasteiger partial charge on any atom is -0.394 e.